The zero-order valence-corrected chi connectivity index (χ0v) is 23.5. The summed E-state index contributed by atoms with van der Waals surface area (Å²) in [5, 5.41) is 11.3. The van der Waals surface area contributed by atoms with Crippen LogP contribution in [0.15, 0.2) is 65.3 Å². The van der Waals surface area contributed by atoms with E-state index in [1.54, 1.807) is 24.3 Å². The first-order valence-electron chi connectivity index (χ1n) is 12.0. The third kappa shape index (κ3) is 6.47. The Morgan fingerprint density at radius 1 is 1.13 bits per heavy atom. The van der Waals surface area contributed by atoms with Crippen molar-refractivity contribution in [3.63, 3.8) is 0 Å². The third-order valence-electron chi connectivity index (χ3n) is 5.77. The van der Waals surface area contributed by atoms with Crippen LogP contribution in [-0.2, 0) is 39.9 Å². The van der Waals surface area contributed by atoms with Crippen LogP contribution in [0.5, 0.6) is 0 Å². The monoisotopic (exact) mass is 586 g/mol. The smallest absolute Gasteiger partial charge is 0.241 e. The molecule has 5 rings (SSSR count). The summed E-state index contributed by atoms with van der Waals surface area (Å²) in [6, 6.07) is 14.6. The molecule has 0 bridgehead atoms. The minimum Gasteiger partial charge on any atom is -0.422 e. The summed E-state index contributed by atoms with van der Waals surface area (Å²) >= 11 is -1.05. The Balaban J connectivity index is 1.52. The van der Waals surface area contributed by atoms with Crippen LogP contribution in [0.4, 0.5) is 0 Å². The number of benzene rings is 2. The Hall–Kier alpha value is -3.30. The number of sulfone groups is 1. The average molecular weight is 587 g/mol. The molecule has 0 aliphatic carbocycles. The lowest BCUT2D eigenvalue weighted by molar-refractivity contribution is 0.442. The first kappa shape index (κ1) is 27.3. The van der Waals surface area contributed by atoms with Crippen molar-refractivity contribution in [2.24, 2.45) is 5.92 Å². The third-order valence-corrected chi connectivity index (χ3v) is 9.27. The van der Waals surface area contributed by atoms with E-state index in [0.29, 0.717) is 22.0 Å². The molecule has 2 aromatic carbocycles. The first-order chi connectivity index (χ1) is 18.7. The van der Waals surface area contributed by atoms with Crippen LogP contribution in [0, 0.1) is 5.92 Å². The van der Waals surface area contributed by atoms with Gasteiger partial charge >= 0.3 is 0 Å². The van der Waals surface area contributed by atoms with Crippen LogP contribution in [0.1, 0.15) is 41.4 Å². The number of hydrogen-bond donors (Lipinski definition) is 2. The van der Waals surface area contributed by atoms with Gasteiger partial charge in [0, 0.05) is 18.3 Å². The van der Waals surface area contributed by atoms with Crippen molar-refractivity contribution in [3.8, 4) is 11.1 Å². The molecule has 5 aromatic rings. The molecule has 14 heteroatoms. The van der Waals surface area contributed by atoms with Gasteiger partial charge in [0.1, 0.15) is 5.01 Å². The van der Waals surface area contributed by atoms with Gasteiger partial charge < -0.3 is 4.42 Å². The molecule has 0 amide bonds. The van der Waals surface area contributed by atoms with Crippen molar-refractivity contribution in [3.05, 3.63) is 83.3 Å². The molecule has 39 heavy (non-hydrogen) atoms. The molecule has 0 aliphatic rings. The fourth-order valence-electron chi connectivity index (χ4n) is 4.09. The van der Waals surface area contributed by atoms with E-state index in [2.05, 4.69) is 38.8 Å². The zero-order chi connectivity index (χ0) is 27.6. The maximum absolute atomic E-state index is 13.8. The summed E-state index contributed by atoms with van der Waals surface area (Å²) in [4.78, 5) is 4.65. The molecule has 0 spiro atoms. The highest BCUT2D eigenvalue weighted by molar-refractivity contribution is 7.91. The van der Waals surface area contributed by atoms with Gasteiger partial charge in [0.25, 0.3) is 0 Å². The molecule has 3 heterocycles. The van der Waals surface area contributed by atoms with Crippen LogP contribution in [-0.4, -0.2) is 42.1 Å². The summed E-state index contributed by atoms with van der Waals surface area (Å²) < 4.78 is 58.1. The van der Waals surface area contributed by atoms with Crippen molar-refractivity contribution >= 4 is 42.7 Å². The molecule has 2 N–H and O–H groups in total. The number of rotatable bonds is 11. The Kier molecular flexibility index (Phi) is 8.00. The van der Waals surface area contributed by atoms with Gasteiger partial charge in [-0.05, 0) is 29.2 Å². The largest absolute Gasteiger partial charge is 0.422 e. The topological polar surface area (TPSA) is 153 Å². The van der Waals surface area contributed by atoms with E-state index < -0.39 is 26.4 Å². The maximum Gasteiger partial charge on any atom is 0.241 e. The number of hydrogen-bond acceptors (Lipinski definition) is 9. The van der Waals surface area contributed by atoms with Crippen LogP contribution in [0.25, 0.3) is 21.3 Å². The highest BCUT2D eigenvalue weighted by Crippen LogP contribution is 2.38. The van der Waals surface area contributed by atoms with Crippen molar-refractivity contribution in [2.75, 3.05) is 0 Å². The molecular weight excluding hydrogens is 561 g/mol. The standard InChI is InChI=1S/C25H26N6O5S3/c1-16(2)13-31-14-19(11-26-31)18-8-9-20-21(10-18)37-25(28-20)23(24-30-29-22(36-24)12-27-38(32)33)39(34,35)15-17-6-4-3-5-7-17/h3-11,14,16,23,27H,12-13,15H2,1-2H3,(H,32,33). The normalized spacial score (nSPS) is 13.7. The minimum absolute atomic E-state index is 0.0193. The molecule has 0 radical (unpaired) electrons. The lowest BCUT2D eigenvalue weighted by Gasteiger charge is -2.12. The van der Waals surface area contributed by atoms with E-state index in [9.17, 15) is 12.6 Å². The molecule has 0 aliphatic heterocycles. The van der Waals surface area contributed by atoms with Gasteiger partial charge in [-0.25, -0.2) is 22.3 Å². The van der Waals surface area contributed by atoms with Gasteiger partial charge in [0.05, 0.1) is 28.7 Å². The summed E-state index contributed by atoms with van der Waals surface area (Å²) in [5.41, 5.74) is 3.15. The predicted octanol–water partition coefficient (Wildman–Crippen LogP) is 4.13. The first-order valence-corrected chi connectivity index (χ1v) is 15.7. The summed E-state index contributed by atoms with van der Waals surface area (Å²) in [7, 11) is -3.91. The minimum atomic E-state index is -3.91. The van der Waals surface area contributed by atoms with Crippen LogP contribution >= 0.6 is 11.3 Å². The SMILES string of the molecule is CC(C)Cn1cc(-c2ccc3nc(C(c4nnc(CNS(=O)O)o4)S(=O)(=O)Cc4ccccc4)sc3c2)cn1. The quantitative estimate of drug-likeness (QED) is 0.218. The van der Waals surface area contributed by atoms with Crippen LogP contribution < -0.4 is 4.72 Å². The summed E-state index contributed by atoms with van der Waals surface area (Å²) in [6.45, 7) is 4.87. The molecular formula is C25H26N6O5S3. The zero-order valence-electron chi connectivity index (χ0n) is 21.1. The Morgan fingerprint density at radius 2 is 1.92 bits per heavy atom. The van der Waals surface area contributed by atoms with E-state index in [4.69, 9.17) is 8.97 Å². The number of nitrogens with one attached hydrogen (secondary N) is 1. The van der Waals surface area contributed by atoms with Gasteiger partial charge in [0.2, 0.25) is 23.0 Å². The molecule has 0 saturated carbocycles. The molecule has 2 unspecified atom stereocenters. The average Bonchev–Trinajstić information content (AvgIpc) is 3.62. The molecule has 11 nitrogen and oxygen atoms in total. The van der Waals surface area contributed by atoms with Crippen molar-refractivity contribution < 1.29 is 21.6 Å². The second-order valence-corrected chi connectivity index (χ2v) is 13.3. The van der Waals surface area contributed by atoms with Gasteiger partial charge in [0.15, 0.2) is 15.1 Å². The van der Waals surface area contributed by atoms with Gasteiger partial charge in [-0.1, -0.05) is 50.2 Å². The van der Waals surface area contributed by atoms with Gasteiger partial charge in [-0.2, -0.15) is 5.10 Å². The summed E-state index contributed by atoms with van der Waals surface area (Å²) in [5.74, 6) is 0.0337. The highest BCUT2D eigenvalue weighted by Gasteiger charge is 2.37. The summed E-state index contributed by atoms with van der Waals surface area (Å²) in [6.07, 6.45) is 3.80. The highest BCUT2D eigenvalue weighted by atomic mass is 32.2. The number of thiazole rings is 1. The predicted molar refractivity (Wildman–Crippen MR) is 148 cm³/mol. The fourth-order valence-corrected chi connectivity index (χ4v) is 7.49. The molecule has 204 valence electrons. The second kappa shape index (κ2) is 11.4. The molecule has 0 fully saturated rings. The van der Waals surface area contributed by atoms with Crippen LogP contribution in [0.3, 0.4) is 0 Å². The maximum atomic E-state index is 13.8. The van der Waals surface area contributed by atoms with Crippen molar-refractivity contribution in [2.45, 2.75) is 37.9 Å². The molecule has 0 saturated heterocycles. The second-order valence-electron chi connectivity index (χ2n) is 9.36. The van der Waals surface area contributed by atoms with E-state index >= 15 is 0 Å². The van der Waals surface area contributed by atoms with E-state index in [-0.39, 0.29) is 24.1 Å². The van der Waals surface area contributed by atoms with E-state index in [1.165, 1.54) is 11.3 Å². The number of aromatic nitrogens is 5. The van der Waals surface area contributed by atoms with Gasteiger partial charge in [-0.3, -0.25) is 9.23 Å². The van der Waals surface area contributed by atoms with Crippen molar-refractivity contribution in [1.82, 2.24) is 29.7 Å². The molecule has 2 atom stereocenters. The fraction of sp³-hybridized carbons (Fsp3) is 0.280. The lowest BCUT2D eigenvalue weighted by Crippen LogP contribution is -2.17. The molecule has 3 aromatic heterocycles. The number of fused-ring (bicyclic) bond motifs is 1. The van der Waals surface area contributed by atoms with Gasteiger partial charge in [-0.15, -0.1) is 21.5 Å². The lowest BCUT2D eigenvalue weighted by atomic mass is 10.1. The Morgan fingerprint density at radius 3 is 2.67 bits per heavy atom. The van der Waals surface area contributed by atoms with Crippen molar-refractivity contribution in [1.29, 1.82) is 0 Å². The Labute approximate surface area is 231 Å². The van der Waals surface area contributed by atoms with E-state index in [0.717, 1.165) is 22.4 Å². The van der Waals surface area contributed by atoms with Crippen LogP contribution in [0.2, 0.25) is 0 Å². The van der Waals surface area contributed by atoms with E-state index in [1.807, 2.05) is 41.3 Å². The Bertz CT molecular complexity index is 1710. The number of nitrogens with zero attached hydrogens (tertiary/aromatic N) is 5.